The normalized spacial score (nSPS) is 20.7. The van der Waals surface area contributed by atoms with E-state index in [0.29, 0.717) is 26.4 Å². The van der Waals surface area contributed by atoms with Crippen molar-refractivity contribution in [2.24, 2.45) is 5.92 Å². The standard InChI is InChI=1S/C15H20FNO3/c1-19-8-9-20-7-6-17-15(18)14-10-13(14)11-2-4-12(16)5-3-11/h2-5,13-14H,6-10H2,1H3,(H,17,18). The molecule has 5 heteroatoms. The van der Waals surface area contributed by atoms with E-state index in [1.165, 1.54) is 12.1 Å². The van der Waals surface area contributed by atoms with Crippen LogP contribution in [0.4, 0.5) is 4.39 Å². The second-order valence-corrected chi connectivity index (χ2v) is 4.90. The summed E-state index contributed by atoms with van der Waals surface area (Å²) in [6, 6.07) is 6.38. The highest BCUT2D eigenvalue weighted by atomic mass is 19.1. The molecule has 0 heterocycles. The van der Waals surface area contributed by atoms with Crippen LogP contribution in [-0.4, -0.2) is 39.4 Å². The number of methoxy groups -OCH3 is 1. The van der Waals surface area contributed by atoms with E-state index in [9.17, 15) is 9.18 Å². The summed E-state index contributed by atoms with van der Waals surface area (Å²) in [5.41, 5.74) is 1.03. The Morgan fingerprint density at radius 2 is 2.05 bits per heavy atom. The zero-order valence-electron chi connectivity index (χ0n) is 11.6. The Bertz CT molecular complexity index is 435. The molecule has 1 aliphatic rings. The zero-order chi connectivity index (χ0) is 14.4. The van der Waals surface area contributed by atoms with Gasteiger partial charge in [0.05, 0.1) is 19.8 Å². The van der Waals surface area contributed by atoms with Crippen LogP contribution in [0, 0.1) is 11.7 Å². The van der Waals surface area contributed by atoms with Gasteiger partial charge in [-0.3, -0.25) is 4.79 Å². The molecule has 1 aromatic carbocycles. The Labute approximate surface area is 118 Å². The summed E-state index contributed by atoms with van der Waals surface area (Å²) in [4.78, 5) is 11.9. The van der Waals surface area contributed by atoms with Gasteiger partial charge in [-0.2, -0.15) is 0 Å². The third-order valence-electron chi connectivity index (χ3n) is 3.40. The van der Waals surface area contributed by atoms with Crippen molar-refractivity contribution in [2.75, 3.05) is 33.5 Å². The van der Waals surface area contributed by atoms with Gasteiger partial charge in [0, 0.05) is 19.6 Å². The van der Waals surface area contributed by atoms with Crippen molar-refractivity contribution in [3.05, 3.63) is 35.6 Å². The van der Waals surface area contributed by atoms with Gasteiger partial charge in [0.15, 0.2) is 0 Å². The molecular formula is C15H20FNO3. The number of hydrogen-bond acceptors (Lipinski definition) is 3. The first-order valence-corrected chi connectivity index (χ1v) is 6.82. The van der Waals surface area contributed by atoms with Crippen molar-refractivity contribution in [3.63, 3.8) is 0 Å². The zero-order valence-corrected chi connectivity index (χ0v) is 11.6. The molecule has 1 aromatic rings. The summed E-state index contributed by atoms with van der Waals surface area (Å²) >= 11 is 0. The fraction of sp³-hybridized carbons (Fsp3) is 0.533. The molecule has 1 fully saturated rings. The summed E-state index contributed by atoms with van der Waals surface area (Å²) in [6.07, 6.45) is 0.835. The molecule has 0 aliphatic heterocycles. The fourth-order valence-corrected chi connectivity index (χ4v) is 2.18. The Morgan fingerprint density at radius 3 is 2.75 bits per heavy atom. The van der Waals surface area contributed by atoms with Crippen molar-refractivity contribution < 1.29 is 18.7 Å². The van der Waals surface area contributed by atoms with Crippen LogP contribution in [0.25, 0.3) is 0 Å². The number of nitrogens with one attached hydrogen (secondary N) is 1. The molecule has 2 atom stereocenters. The number of benzene rings is 1. The van der Waals surface area contributed by atoms with Gasteiger partial charge < -0.3 is 14.8 Å². The molecular weight excluding hydrogens is 261 g/mol. The summed E-state index contributed by atoms with van der Waals surface area (Å²) in [7, 11) is 1.62. The molecule has 2 unspecified atom stereocenters. The number of amides is 1. The maximum atomic E-state index is 12.8. The number of hydrogen-bond donors (Lipinski definition) is 1. The van der Waals surface area contributed by atoms with Gasteiger partial charge in [-0.1, -0.05) is 12.1 Å². The van der Waals surface area contributed by atoms with Crippen LogP contribution in [0.15, 0.2) is 24.3 Å². The van der Waals surface area contributed by atoms with Gasteiger partial charge in [-0.05, 0) is 30.0 Å². The van der Waals surface area contributed by atoms with Gasteiger partial charge in [-0.15, -0.1) is 0 Å². The molecule has 4 nitrogen and oxygen atoms in total. The van der Waals surface area contributed by atoms with Crippen LogP contribution in [0.3, 0.4) is 0 Å². The van der Waals surface area contributed by atoms with E-state index >= 15 is 0 Å². The predicted molar refractivity (Wildman–Crippen MR) is 73.0 cm³/mol. The van der Waals surface area contributed by atoms with Gasteiger partial charge in [0.2, 0.25) is 5.91 Å². The van der Waals surface area contributed by atoms with Gasteiger partial charge in [0.1, 0.15) is 5.82 Å². The van der Waals surface area contributed by atoms with Crippen LogP contribution in [0.2, 0.25) is 0 Å². The smallest absolute Gasteiger partial charge is 0.223 e. The highest BCUT2D eigenvalue weighted by molar-refractivity contribution is 5.82. The molecule has 0 aromatic heterocycles. The van der Waals surface area contributed by atoms with Gasteiger partial charge in [0.25, 0.3) is 0 Å². The molecule has 1 aliphatic carbocycles. The van der Waals surface area contributed by atoms with E-state index < -0.39 is 0 Å². The van der Waals surface area contributed by atoms with E-state index in [4.69, 9.17) is 9.47 Å². The number of carbonyl (C=O) groups is 1. The number of halogens is 1. The average molecular weight is 281 g/mol. The molecule has 110 valence electrons. The monoisotopic (exact) mass is 281 g/mol. The van der Waals surface area contributed by atoms with Crippen molar-refractivity contribution in [3.8, 4) is 0 Å². The molecule has 1 saturated carbocycles. The highest BCUT2D eigenvalue weighted by Crippen LogP contribution is 2.47. The van der Waals surface area contributed by atoms with Crippen LogP contribution < -0.4 is 5.32 Å². The third-order valence-corrected chi connectivity index (χ3v) is 3.40. The highest BCUT2D eigenvalue weighted by Gasteiger charge is 2.43. The Kier molecular flexibility index (Phi) is 5.49. The Morgan fingerprint density at radius 1 is 1.30 bits per heavy atom. The molecule has 1 N–H and O–H groups in total. The SMILES string of the molecule is COCCOCCNC(=O)C1CC1c1ccc(F)cc1. The summed E-state index contributed by atoms with van der Waals surface area (Å²) in [5.74, 6) is 0.0442. The first-order valence-electron chi connectivity index (χ1n) is 6.82. The van der Waals surface area contributed by atoms with Crippen LogP contribution in [-0.2, 0) is 14.3 Å². The molecule has 1 amide bonds. The molecule has 0 bridgehead atoms. The van der Waals surface area contributed by atoms with Crippen LogP contribution in [0.5, 0.6) is 0 Å². The van der Waals surface area contributed by atoms with E-state index in [2.05, 4.69) is 5.32 Å². The number of carbonyl (C=O) groups excluding carboxylic acids is 1. The Balaban J connectivity index is 1.64. The minimum atomic E-state index is -0.247. The van der Waals surface area contributed by atoms with E-state index in [-0.39, 0.29) is 23.6 Å². The van der Waals surface area contributed by atoms with Crippen molar-refractivity contribution in [1.29, 1.82) is 0 Å². The number of ether oxygens (including phenoxy) is 2. The maximum Gasteiger partial charge on any atom is 0.223 e. The lowest BCUT2D eigenvalue weighted by Crippen LogP contribution is -2.29. The topological polar surface area (TPSA) is 47.6 Å². The van der Waals surface area contributed by atoms with Crippen molar-refractivity contribution >= 4 is 5.91 Å². The van der Waals surface area contributed by atoms with Crippen molar-refractivity contribution in [1.82, 2.24) is 5.32 Å². The van der Waals surface area contributed by atoms with E-state index in [0.717, 1.165) is 12.0 Å². The molecule has 0 saturated heterocycles. The van der Waals surface area contributed by atoms with Gasteiger partial charge in [-0.25, -0.2) is 4.39 Å². The van der Waals surface area contributed by atoms with E-state index in [1.54, 1.807) is 19.2 Å². The van der Waals surface area contributed by atoms with E-state index in [1.807, 2.05) is 0 Å². The lowest BCUT2D eigenvalue weighted by molar-refractivity contribution is -0.122. The number of rotatable bonds is 8. The van der Waals surface area contributed by atoms with Crippen molar-refractivity contribution in [2.45, 2.75) is 12.3 Å². The van der Waals surface area contributed by atoms with Crippen LogP contribution in [0.1, 0.15) is 17.9 Å². The first-order chi connectivity index (χ1) is 9.72. The molecule has 0 radical (unpaired) electrons. The predicted octanol–water partition coefficient (Wildman–Crippen LogP) is 1.71. The first kappa shape index (κ1) is 14.9. The second-order valence-electron chi connectivity index (χ2n) is 4.90. The van der Waals surface area contributed by atoms with Gasteiger partial charge >= 0.3 is 0 Å². The quantitative estimate of drug-likeness (QED) is 0.738. The minimum Gasteiger partial charge on any atom is -0.382 e. The summed E-state index contributed by atoms with van der Waals surface area (Å²) in [5, 5.41) is 2.85. The molecule has 0 spiro atoms. The lowest BCUT2D eigenvalue weighted by Gasteiger charge is -2.06. The molecule has 20 heavy (non-hydrogen) atoms. The summed E-state index contributed by atoms with van der Waals surface area (Å²) < 4.78 is 22.9. The lowest BCUT2D eigenvalue weighted by atomic mass is 10.1. The molecule has 2 rings (SSSR count). The maximum absolute atomic E-state index is 12.8. The van der Waals surface area contributed by atoms with Crippen LogP contribution >= 0.6 is 0 Å². The average Bonchev–Trinajstić information content (AvgIpc) is 3.24. The largest absolute Gasteiger partial charge is 0.382 e. The Hall–Kier alpha value is -1.46. The fourth-order valence-electron chi connectivity index (χ4n) is 2.18. The third kappa shape index (κ3) is 4.28. The second kappa shape index (κ2) is 7.36. The summed E-state index contributed by atoms with van der Waals surface area (Å²) in [6.45, 7) is 2.09. The minimum absolute atomic E-state index is 0.0134.